The number of aromatic nitrogens is 1. The summed E-state index contributed by atoms with van der Waals surface area (Å²) in [5.41, 5.74) is 1.57. The molecule has 3 aromatic rings. The van der Waals surface area contributed by atoms with Crippen molar-refractivity contribution in [2.24, 2.45) is 4.99 Å². The fraction of sp³-hybridized carbons (Fsp3) is 0.222. The topological polar surface area (TPSA) is 43.6 Å². The van der Waals surface area contributed by atoms with E-state index in [-0.39, 0.29) is 5.91 Å². The van der Waals surface area contributed by atoms with Crippen molar-refractivity contribution in [1.29, 1.82) is 0 Å². The van der Waals surface area contributed by atoms with Gasteiger partial charge in [-0.2, -0.15) is 4.99 Å². The minimum Gasteiger partial charge on any atom is -0.383 e. The molecule has 2 aromatic carbocycles. The van der Waals surface area contributed by atoms with Gasteiger partial charge in [-0.15, -0.1) is 11.8 Å². The fourth-order valence-corrected chi connectivity index (χ4v) is 4.15. The number of hydrogen-bond acceptors (Lipinski definition) is 4. The molecule has 25 heavy (non-hydrogen) atoms. The molecule has 4 nitrogen and oxygen atoms in total. The Bertz CT molecular complexity index is 961. The van der Waals surface area contributed by atoms with Crippen LogP contribution >= 0.6 is 34.7 Å². The van der Waals surface area contributed by atoms with Crippen molar-refractivity contribution in [3.8, 4) is 0 Å². The van der Waals surface area contributed by atoms with Crippen LogP contribution in [0.2, 0.25) is 5.02 Å². The summed E-state index contributed by atoms with van der Waals surface area (Å²) in [6.07, 6.45) is 2.00. The number of carbonyl (C=O) groups is 1. The molecule has 0 aliphatic carbocycles. The Morgan fingerprint density at radius 1 is 1.28 bits per heavy atom. The summed E-state index contributed by atoms with van der Waals surface area (Å²) in [5.74, 6) is -0.253. The van der Waals surface area contributed by atoms with Crippen molar-refractivity contribution in [3.05, 3.63) is 57.9 Å². The summed E-state index contributed by atoms with van der Waals surface area (Å²) in [6.45, 7) is 1.16. The Morgan fingerprint density at radius 2 is 2.04 bits per heavy atom. The Morgan fingerprint density at radius 3 is 2.72 bits per heavy atom. The average Bonchev–Trinajstić information content (AvgIpc) is 2.95. The van der Waals surface area contributed by atoms with Crippen LogP contribution in [0.25, 0.3) is 10.2 Å². The molecule has 0 bridgehead atoms. The Labute approximate surface area is 159 Å². The van der Waals surface area contributed by atoms with Crippen LogP contribution < -0.4 is 4.80 Å². The summed E-state index contributed by atoms with van der Waals surface area (Å²) >= 11 is 9.18. The average molecular weight is 393 g/mol. The molecule has 0 saturated carbocycles. The van der Waals surface area contributed by atoms with Gasteiger partial charge in [-0.05, 0) is 48.7 Å². The molecule has 0 atom stereocenters. The molecular weight excluding hydrogens is 376 g/mol. The lowest BCUT2D eigenvalue weighted by molar-refractivity contribution is 0.0997. The number of benzene rings is 2. The zero-order chi connectivity index (χ0) is 17.8. The first kappa shape index (κ1) is 18.2. The zero-order valence-corrected chi connectivity index (χ0v) is 16.2. The van der Waals surface area contributed by atoms with E-state index >= 15 is 0 Å². The molecule has 1 amide bonds. The van der Waals surface area contributed by atoms with E-state index in [0.717, 1.165) is 15.1 Å². The highest BCUT2D eigenvalue weighted by Crippen LogP contribution is 2.22. The summed E-state index contributed by atoms with van der Waals surface area (Å²) in [6, 6.07) is 13.1. The number of fused-ring (bicyclic) bond motifs is 1. The van der Waals surface area contributed by atoms with E-state index in [4.69, 9.17) is 16.3 Å². The standard InChI is InChI=1S/C18H17ClN2O2S2/c1-23-10-9-21-15-8-5-13(19)11-16(15)25-18(21)20-17(22)12-3-6-14(24-2)7-4-12/h3-8,11H,9-10H2,1-2H3. The smallest absolute Gasteiger partial charge is 0.279 e. The van der Waals surface area contributed by atoms with E-state index < -0.39 is 0 Å². The van der Waals surface area contributed by atoms with Crippen molar-refractivity contribution in [2.75, 3.05) is 20.0 Å². The molecule has 7 heteroatoms. The largest absolute Gasteiger partial charge is 0.383 e. The molecule has 1 heterocycles. The van der Waals surface area contributed by atoms with E-state index in [2.05, 4.69) is 4.99 Å². The quantitative estimate of drug-likeness (QED) is 0.602. The van der Waals surface area contributed by atoms with Gasteiger partial charge in [0, 0.05) is 29.1 Å². The third-order valence-corrected chi connectivity index (χ3v) is 5.72. The number of hydrogen-bond donors (Lipinski definition) is 0. The Kier molecular flexibility index (Phi) is 5.96. The Balaban J connectivity index is 2.05. The minimum absolute atomic E-state index is 0.253. The maximum atomic E-state index is 12.5. The summed E-state index contributed by atoms with van der Waals surface area (Å²) in [4.78, 5) is 18.6. The summed E-state index contributed by atoms with van der Waals surface area (Å²) in [7, 11) is 1.65. The van der Waals surface area contributed by atoms with Gasteiger partial charge in [0.15, 0.2) is 4.80 Å². The van der Waals surface area contributed by atoms with Gasteiger partial charge in [-0.3, -0.25) is 4.79 Å². The van der Waals surface area contributed by atoms with Crippen LogP contribution in [0.1, 0.15) is 10.4 Å². The van der Waals surface area contributed by atoms with Gasteiger partial charge in [0.05, 0.1) is 16.8 Å². The first-order chi connectivity index (χ1) is 12.1. The molecule has 0 aliphatic heterocycles. The van der Waals surface area contributed by atoms with Gasteiger partial charge in [0.2, 0.25) is 0 Å². The summed E-state index contributed by atoms with van der Waals surface area (Å²) in [5, 5.41) is 0.665. The van der Waals surface area contributed by atoms with Gasteiger partial charge in [0.25, 0.3) is 5.91 Å². The molecule has 0 fully saturated rings. The molecule has 3 rings (SSSR count). The molecule has 130 valence electrons. The van der Waals surface area contributed by atoms with Crippen molar-refractivity contribution in [2.45, 2.75) is 11.4 Å². The fourth-order valence-electron chi connectivity index (χ4n) is 2.42. The van der Waals surface area contributed by atoms with Crippen molar-refractivity contribution in [3.63, 3.8) is 0 Å². The van der Waals surface area contributed by atoms with E-state index in [9.17, 15) is 4.79 Å². The second-order valence-corrected chi connectivity index (χ2v) is 7.61. The molecule has 0 aliphatic rings. The lowest BCUT2D eigenvalue weighted by Gasteiger charge is -2.04. The van der Waals surface area contributed by atoms with Crippen LogP contribution in [-0.2, 0) is 11.3 Å². The molecule has 0 saturated heterocycles. The predicted octanol–water partition coefficient (Wildman–Crippen LogP) is 4.47. The molecule has 1 aromatic heterocycles. The third kappa shape index (κ3) is 4.15. The number of methoxy groups -OCH3 is 1. The van der Waals surface area contributed by atoms with Gasteiger partial charge in [0.1, 0.15) is 0 Å². The molecule has 0 unspecified atom stereocenters. The van der Waals surface area contributed by atoms with Gasteiger partial charge in [-0.1, -0.05) is 22.9 Å². The number of thiazole rings is 1. The number of carbonyl (C=O) groups excluding carboxylic acids is 1. The highest BCUT2D eigenvalue weighted by atomic mass is 35.5. The van der Waals surface area contributed by atoms with Crippen LogP contribution in [0.15, 0.2) is 52.4 Å². The third-order valence-electron chi connectivity index (χ3n) is 3.70. The van der Waals surface area contributed by atoms with E-state index in [0.29, 0.717) is 28.5 Å². The van der Waals surface area contributed by atoms with Gasteiger partial charge >= 0.3 is 0 Å². The van der Waals surface area contributed by atoms with Crippen LogP contribution in [0.4, 0.5) is 0 Å². The van der Waals surface area contributed by atoms with Crippen LogP contribution in [0.5, 0.6) is 0 Å². The predicted molar refractivity (Wildman–Crippen MR) is 105 cm³/mol. The van der Waals surface area contributed by atoms with Gasteiger partial charge in [-0.25, -0.2) is 0 Å². The zero-order valence-electron chi connectivity index (χ0n) is 13.9. The second-order valence-electron chi connectivity index (χ2n) is 5.29. The maximum Gasteiger partial charge on any atom is 0.279 e. The Hall–Kier alpha value is -1.60. The van der Waals surface area contributed by atoms with Crippen LogP contribution in [0.3, 0.4) is 0 Å². The van der Waals surface area contributed by atoms with Crippen molar-refractivity contribution in [1.82, 2.24) is 4.57 Å². The van der Waals surface area contributed by atoms with Crippen LogP contribution in [-0.4, -0.2) is 30.4 Å². The SMILES string of the molecule is COCCn1c(=NC(=O)c2ccc(SC)cc2)sc2cc(Cl)ccc21. The molecule has 0 radical (unpaired) electrons. The van der Waals surface area contributed by atoms with Crippen molar-refractivity contribution < 1.29 is 9.53 Å². The monoisotopic (exact) mass is 392 g/mol. The normalized spacial score (nSPS) is 12.0. The van der Waals surface area contributed by atoms with Crippen LogP contribution in [0, 0.1) is 0 Å². The van der Waals surface area contributed by atoms with E-state index in [1.807, 2.05) is 41.2 Å². The minimum atomic E-state index is -0.253. The number of ether oxygens (including phenoxy) is 1. The maximum absolute atomic E-state index is 12.5. The summed E-state index contributed by atoms with van der Waals surface area (Å²) < 4.78 is 8.17. The number of rotatable bonds is 5. The lowest BCUT2D eigenvalue weighted by Crippen LogP contribution is -2.19. The highest BCUT2D eigenvalue weighted by Gasteiger charge is 2.10. The molecular formula is C18H17ClN2O2S2. The molecule has 0 spiro atoms. The van der Waals surface area contributed by atoms with Gasteiger partial charge < -0.3 is 9.30 Å². The molecule has 0 N–H and O–H groups in total. The number of nitrogens with zero attached hydrogens (tertiary/aromatic N) is 2. The lowest BCUT2D eigenvalue weighted by atomic mass is 10.2. The number of halogens is 1. The van der Waals surface area contributed by atoms with Crippen molar-refractivity contribution >= 4 is 50.8 Å². The first-order valence-corrected chi connectivity index (χ1v) is 10.0. The number of thioether (sulfide) groups is 1. The first-order valence-electron chi connectivity index (χ1n) is 7.63. The highest BCUT2D eigenvalue weighted by molar-refractivity contribution is 7.98. The number of amides is 1. The van der Waals surface area contributed by atoms with E-state index in [1.54, 1.807) is 31.0 Å². The second kappa shape index (κ2) is 8.19. The van der Waals surface area contributed by atoms with E-state index in [1.165, 1.54) is 11.3 Å².